The van der Waals surface area contributed by atoms with Crippen LogP contribution in [-0.2, 0) is 9.84 Å². The van der Waals surface area contributed by atoms with Gasteiger partial charge in [-0.3, -0.25) is 0 Å². The van der Waals surface area contributed by atoms with Gasteiger partial charge in [-0.15, -0.1) is 0 Å². The molecule has 0 aliphatic heterocycles. The molecule has 0 amide bonds. The van der Waals surface area contributed by atoms with E-state index in [9.17, 15) is 8.42 Å². The summed E-state index contributed by atoms with van der Waals surface area (Å²) in [6.07, 6.45) is 0. The normalized spacial score (nSPS) is 14.1. The molecule has 1 aromatic rings. The molecule has 0 spiro atoms. The number of sulfone groups is 1. The fraction of sp³-hybridized carbons (Fsp3) is 0.250. The molecule has 0 fully saturated rings. The Hall–Kier alpha value is 0.190. The minimum absolute atomic E-state index is 0.271. The second-order valence-electron chi connectivity index (χ2n) is 2.62. The van der Waals surface area contributed by atoms with Gasteiger partial charge in [0.1, 0.15) is 0 Å². The molecule has 13 heavy (non-hydrogen) atoms. The third kappa shape index (κ3) is 2.57. The summed E-state index contributed by atoms with van der Waals surface area (Å²) < 4.78 is 22.1. The molecule has 72 valence electrons. The number of rotatable bonds is 2. The van der Waals surface area contributed by atoms with Crippen molar-refractivity contribution >= 4 is 44.0 Å². The molecule has 0 saturated carbocycles. The third-order valence-corrected chi connectivity index (χ3v) is 5.69. The van der Waals surface area contributed by atoms with Crippen LogP contribution in [0, 0.1) is 6.92 Å². The van der Waals surface area contributed by atoms with E-state index in [0.717, 1.165) is 5.56 Å². The highest BCUT2D eigenvalue weighted by Gasteiger charge is 2.21. The lowest BCUT2D eigenvalue weighted by atomic mass is 10.2. The number of aryl methyl sites for hydroxylation is 1. The SMILES string of the molecule is Cc1ccc(S(=O)(=O)C(Cl)I)cc1. The number of halogens is 2. The zero-order valence-corrected chi connectivity index (χ0v) is 10.6. The summed E-state index contributed by atoms with van der Waals surface area (Å²) in [6, 6.07) is 6.64. The molecular weight excluding hydrogens is 323 g/mol. The predicted molar refractivity (Wildman–Crippen MR) is 62.0 cm³/mol. The fourth-order valence-corrected chi connectivity index (χ4v) is 2.74. The fourth-order valence-electron chi connectivity index (χ4n) is 0.831. The number of benzene rings is 1. The van der Waals surface area contributed by atoms with Crippen LogP contribution in [0.15, 0.2) is 29.2 Å². The van der Waals surface area contributed by atoms with Gasteiger partial charge in [0, 0.05) is 0 Å². The van der Waals surface area contributed by atoms with Gasteiger partial charge < -0.3 is 0 Å². The second-order valence-corrected chi connectivity index (χ2v) is 8.17. The Bertz CT molecular complexity index is 383. The van der Waals surface area contributed by atoms with E-state index in [2.05, 4.69) is 0 Å². The highest BCUT2D eigenvalue weighted by atomic mass is 127. The van der Waals surface area contributed by atoms with Crippen molar-refractivity contribution in [2.75, 3.05) is 0 Å². The zero-order valence-electron chi connectivity index (χ0n) is 6.87. The standard InChI is InChI=1S/C8H8ClIO2S/c1-6-2-4-7(5-3-6)13(11,12)8(9)10/h2-5,8H,1H3. The van der Waals surface area contributed by atoms with Crippen LogP contribution >= 0.6 is 34.2 Å². The number of hydrogen-bond acceptors (Lipinski definition) is 2. The van der Waals surface area contributed by atoms with E-state index in [-0.39, 0.29) is 4.90 Å². The van der Waals surface area contributed by atoms with Crippen LogP contribution in [0.4, 0.5) is 0 Å². The van der Waals surface area contributed by atoms with Crippen LogP contribution in [0.3, 0.4) is 0 Å². The first-order valence-corrected chi connectivity index (χ1v) is 6.76. The van der Waals surface area contributed by atoms with E-state index in [1.807, 2.05) is 6.92 Å². The Morgan fingerprint density at radius 2 is 1.77 bits per heavy atom. The molecule has 1 unspecified atom stereocenters. The van der Waals surface area contributed by atoms with Gasteiger partial charge in [0.2, 0.25) is 9.84 Å². The molecule has 1 rings (SSSR count). The molecule has 0 saturated heterocycles. The summed E-state index contributed by atoms with van der Waals surface area (Å²) in [5.74, 6) is 0. The van der Waals surface area contributed by atoms with E-state index in [1.165, 1.54) is 0 Å². The quantitative estimate of drug-likeness (QED) is 0.617. The highest BCUT2D eigenvalue weighted by molar-refractivity contribution is 14.1. The maximum Gasteiger partial charge on any atom is 0.204 e. The highest BCUT2D eigenvalue weighted by Crippen LogP contribution is 2.23. The Kier molecular flexibility index (Phi) is 3.59. The lowest BCUT2D eigenvalue weighted by molar-refractivity contribution is 0.599. The van der Waals surface area contributed by atoms with Crippen LogP contribution in [0.25, 0.3) is 0 Å². The monoisotopic (exact) mass is 330 g/mol. The van der Waals surface area contributed by atoms with Gasteiger partial charge >= 0.3 is 0 Å². The molecule has 0 N–H and O–H groups in total. The molecule has 1 aromatic carbocycles. The second kappa shape index (κ2) is 4.14. The molecule has 0 aliphatic carbocycles. The van der Waals surface area contributed by atoms with Gasteiger partial charge in [0.05, 0.1) is 4.90 Å². The van der Waals surface area contributed by atoms with Crippen molar-refractivity contribution in [2.24, 2.45) is 0 Å². The van der Waals surface area contributed by atoms with Gasteiger partial charge in [0.15, 0.2) is 2.72 Å². The van der Waals surface area contributed by atoms with E-state index < -0.39 is 12.6 Å². The van der Waals surface area contributed by atoms with E-state index in [0.29, 0.717) is 0 Å². The van der Waals surface area contributed by atoms with Gasteiger partial charge in [-0.25, -0.2) is 8.42 Å². The Balaban J connectivity index is 3.17. The summed E-state index contributed by atoms with van der Waals surface area (Å²) in [7, 11) is -3.34. The lowest BCUT2D eigenvalue weighted by Crippen LogP contribution is -2.08. The van der Waals surface area contributed by atoms with E-state index >= 15 is 0 Å². The molecule has 0 radical (unpaired) electrons. The minimum Gasteiger partial charge on any atom is -0.221 e. The summed E-state index contributed by atoms with van der Waals surface area (Å²) in [5, 5.41) is 0. The molecule has 0 aliphatic rings. The molecule has 5 heteroatoms. The van der Waals surface area contributed by atoms with Crippen molar-refractivity contribution in [2.45, 2.75) is 14.5 Å². The topological polar surface area (TPSA) is 34.1 Å². The van der Waals surface area contributed by atoms with Crippen molar-refractivity contribution in [3.8, 4) is 0 Å². The van der Waals surface area contributed by atoms with Crippen LogP contribution in [0.2, 0.25) is 0 Å². The van der Waals surface area contributed by atoms with Crippen molar-refractivity contribution in [3.63, 3.8) is 0 Å². The van der Waals surface area contributed by atoms with Gasteiger partial charge in [-0.1, -0.05) is 29.3 Å². The Morgan fingerprint density at radius 1 is 1.31 bits per heavy atom. The van der Waals surface area contributed by atoms with Crippen molar-refractivity contribution in [1.29, 1.82) is 0 Å². The van der Waals surface area contributed by atoms with Crippen molar-refractivity contribution in [1.82, 2.24) is 0 Å². The average molecular weight is 331 g/mol. The van der Waals surface area contributed by atoms with Crippen LogP contribution in [0.5, 0.6) is 0 Å². The number of alkyl halides is 2. The van der Waals surface area contributed by atoms with E-state index in [4.69, 9.17) is 11.6 Å². The lowest BCUT2D eigenvalue weighted by Gasteiger charge is -2.04. The third-order valence-electron chi connectivity index (χ3n) is 1.58. The van der Waals surface area contributed by atoms with Crippen LogP contribution in [0.1, 0.15) is 5.56 Å². The van der Waals surface area contributed by atoms with Gasteiger partial charge in [0.25, 0.3) is 0 Å². The predicted octanol–water partition coefficient (Wildman–Crippen LogP) is 2.73. The van der Waals surface area contributed by atoms with E-state index in [1.54, 1.807) is 46.9 Å². The first kappa shape index (κ1) is 11.3. The minimum atomic E-state index is -3.34. The molecular formula is C8H8ClIO2S. The Labute approximate surface area is 96.4 Å². The van der Waals surface area contributed by atoms with Crippen LogP contribution in [-0.4, -0.2) is 11.1 Å². The van der Waals surface area contributed by atoms with Gasteiger partial charge in [-0.2, -0.15) is 0 Å². The molecule has 2 nitrogen and oxygen atoms in total. The molecule has 1 atom stereocenters. The summed E-state index contributed by atoms with van der Waals surface area (Å²) >= 11 is 7.22. The molecule has 0 aromatic heterocycles. The summed E-state index contributed by atoms with van der Waals surface area (Å²) in [6.45, 7) is 1.90. The average Bonchev–Trinajstić information content (AvgIpc) is 2.04. The summed E-state index contributed by atoms with van der Waals surface area (Å²) in [5.41, 5.74) is 1.03. The van der Waals surface area contributed by atoms with Crippen LogP contribution < -0.4 is 0 Å². The first-order chi connectivity index (χ1) is 5.94. The Morgan fingerprint density at radius 3 is 2.15 bits per heavy atom. The first-order valence-electron chi connectivity index (χ1n) is 3.53. The van der Waals surface area contributed by atoms with Crippen molar-refractivity contribution in [3.05, 3.63) is 29.8 Å². The summed E-state index contributed by atoms with van der Waals surface area (Å²) in [4.78, 5) is 0.271. The molecule has 0 bridgehead atoms. The van der Waals surface area contributed by atoms with Crippen molar-refractivity contribution < 1.29 is 8.42 Å². The maximum absolute atomic E-state index is 11.5. The maximum atomic E-state index is 11.5. The molecule has 0 heterocycles. The number of hydrogen-bond donors (Lipinski definition) is 0. The van der Waals surface area contributed by atoms with Gasteiger partial charge in [-0.05, 0) is 41.6 Å². The zero-order chi connectivity index (χ0) is 10.1. The smallest absolute Gasteiger partial charge is 0.204 e. The largest absolute Gasteiger partial charge is 0.221 e.